The molecule has 0 aromatic heterocycles. The molecule has 0 saturated heterocycles. The highest BCUT2D eigenvalue weighted by Gasteiger charge is 2.63. The van der Waals surface area contributed by atoms with Crippen molar-refractivity contribution in [2.24, 2.45) is 0 Å². The van der Waals surface area contributed by atoms with Crippen molar-refractivity contribution < 1.29 is 19.2 Å². The van der Waals surface area contributed by atoms with Crippen molar-refractivity contribution in [1.82, 2.24) is 0 Å². The second-order valence-electron chi connectivity index (χ2n) is 6.38. The Kier molecular flexibility index (Phi) is 9.82. The molecule has 0 aliphatic rings. The Morgan fingerprint density at radius 1 is 0.562 bits per heavy atom. The highest BCUT2D eigenvalue weighted by atomic mass is 35.5. The van der Waals surface area contributed by atoms with Crippen LogP contribution in [0.5, 0.6) is 0 Å². The third kappa shape index (κ3) is 4.95. The molecular formula is C22H20Cl2O4S4. The van der Waals surface area contributed by atoms with Gasteiger partial charge < -0.3 is 0 Å². The third-order valence-corrected chi connectivity index (χ3v) is 12.1. The molecule has 4 nitrogen and oxygen atoms in total. The van der Waals surface area contributed by atoms with Crippen LogP contribution in [0.1, 0.15) is 20.7 Å². The van der Waals surface area contributed by atoms with Crippen LogP contribution in [0.15, 0.2) is 48.5 Å². The summed E-state index contributed by atoms with van der Waals surface area (Å²) in [5, 5.41) is 0.864. The average molecular weight is 548 g/mol. The van der Waals surface area contributed by atoms with Crippen LogP contribution in [0.3, 0.4) is 0 Å². The maximum atomic E-state index is 13.7. The minimum Gasteiger partial charge on any atom is -0.288 e. The van der Waals surface area contributed by atoms with Gasteiger partial charge in [-0.1, -0.05) is 23.2 Å². The van der Waals surface area contributed by atoms with E-state index < -0.39 is 31.3 Å². The Morgan fingerprint density at radius 3 is 1.03 bits per heavy atom. The summed E-state index contributed by atoms with van der Waals surface area (Å²) in [6.45, 7) is 0. The van der Waals surface area contributed by atoms with Gasteiger partial charge in [-0.3, -0.25) is 19.2 Å². The quantitative estimate of drug-likeness (QED) is 0.192. The first-order valence-electron chi connectivity index (χ1n) is 9.04. The van der Waals surface area contributed by atoms with E-state index in [0.717, 1.165) is 47.0 Å². The first-order valence-corrected chi connectivity index (χ1v) is 14.7. The predicted octanol–water partition coefficient (Wildman–Crippen LogP) is 6.04. The lowest BCUT2D eigenvalue weighted by molar-refractivity contribution is -0.120. The molecular weight excluding hydrogens is 527 g/mol. The zero-order valence-corrected chi connectivity index (χ0v) is 22.4. The van der Waals surface area contributed by atoms with Crippen molar-refractivity contribution in [3.63, 3.8) is 0 Å². The van der Waals surface area contributed by atoms with Crippen LogP contribution in [0.25, 0.3) is 0 Å². The third-order valence-electron chi connectivity index (χ3n) is 4.81. The summed E-state index contributed by atoms with van der Waals surface area (Å²) >= 11 is 16.1. The van der Waals surface area contributed by atoms with Gasteiger partial charge in [0.2, 0.25) is 23.1 Å². The monoisotopic (exact) mass is 546 g/mol. The molecule has 0 heterocycles. The van der Waals surface area contributed by atoms with E-state index in [-0.39, 0.29) is 11.1 Å². The molecule has 0 fully saturated rings. The largest absolute Gasteiger partial charge is 0.288 e. The highest BCUT2D eigenvalue weighted by Crippen LogP contribution is 2.56. The smallest absolute Gasteiger partial charge is 0.232 e. The standard InChI is InChI=1S/C22H20Cl2O4S4/c1-29-21(30-2,19(27)17(25)13-5-9-15(23)10-6-13)22(31-3,32-4)20(28)18(26)14-7-11-16(24)12-8-14/h5-12H,1-4H3. The molecule has 2 rings (SSSR count). The summed E-state index contributed by atoms with van der Waals surface area (Å²) in [6.07, 6.45) is 6.63. The van der Waals surface area contributed by atoms with Crippen LogP contribution in [-0.4, -0.2) is 56.3 Å². The SMILES string of the molecule is CSC(SC)(C(=O)C(=O)c1ccc(Cl)cc1)C(SC)(SC)C(=O)C(=O)c1ccc(Cl)cc1. The highest BCUT2D eigenvalue weighted by molar-refractivity contribution is 8.26. The number of carbonyl (C=O) groups excluding carboxylic acids is 4. The molecule has 0 aliphatic heterocycles. The molecule has 2 aromatic rings. The topological polar surface area (TPSA) is 68.3 Å². The van der Waals surface area contributed by atoms with Crippen LogP contribution in [-0.2, 0) is 9.59 Å². The van der Waals surface area contributed by atoms with E-state index in [1.807, 2.05) is 0 Å². The summed E-state index contributed by atoms with van der Waals surface area (Å²) in [6, 6.07) is 12.0. The van der Waals surface area contributed by atoms with Gasteiger partial charge in [0.1, 0.15) is 0 Å². The molecule has 32 heavy (non-hydrogen) atoms. The number of rotatable bonds is 11. The summed E-state index contributed by atoms with van der Waals surface area (Å²) in [5.41, 5.74) is 0.332. The first-order chi connectivity index (χ1) is 15.1. The minimum absolute atomic E-state index is 0.166. The lowest BCUT2D eigenvalue weighted by Crippen LogP contribution is -2.58. The number of halogens is 2. The Labute approximate surface area is 214 Å². The maximum Gasteiger partial charge on any atom is 0.232 e. The maximum absolute atomic E-state index is 13.7. The summed E-state index contributed by atoms with van der Waals surface area (Å²) in [7, 11) is 0. The molecule has 10 heteroatoms. The lowest BCUT2D eigenvalue weighted by atomic mass is 9.97. The van der Waals surface area contributed by atoms with Crippen LogP contribution < -0.4 is 0 Å². The molecule has 0 unspecified atom stereocenters. The molecule has 2 aromatic carbocycles. The van der Waals surface area contributed by atoms with Crippen LogP contribution in [0.4, 0.5) is 0 Å². The van der Waals surface area contributed by atoms with Gasteiger partial charge in [0.25, 0.3) is 0 Å². The van der Waals surface area contributed by atoms with Crippen molar-refractivity contribution in [3.8, 4) is 0 Å². The molecule has 0 spiro atoms. The first kappa shape index (κ1) is 27.3. The molecule has 0 bridgehead atoms. The molecule has 0 saturated carbocycles. The number of hydrogen-bond donors (Lipinski definition) is 0. The van der Waals surface area contributed by atoms with E-state index in [0.29, 0.717) is 10.0 Å². The Bertz CT molecular complexity index is 932. The van der Waals surface area contributed by atoms with Gasteiger partial charge in [-0.05, 0) is 73.6 Å². The van der Waals surface area contributed by atoms with E-state index in [4.69, 9.17) is 23.2 Å². The molecule has 0 atom stereocenters. The number of hydrogen-bond acceptors (Lipinski definition) is 8. The number of carbonyl (C=O) groups is 4. The zero-order chi connectivity index (χ0) is 24.1. The second kappa shape index (κ2) is 11.5. The molecule has 0 aliphatic carbocycles. The fourth-order valence-electron chi connectivity index (χ4n) is 3.14. The van der Waals surface area contributed by atoms with Crippen molar-refractivity contribution >= 4 is 93.4 Å². The summed E-state index contributed by atoms with van der Waals surface area (Å²) < 4.78 is -3.11. The van der Waals surface area contributed by atoms with Crippen LogP contribution in [0, 0.1) is 0 Å². The fraction of sp³-hybridized carbons (Fsp3) is 0.273. The average Bonchev–Trinajstić information content (AvgIpc) is 2.82. The lowest BCUT2D eigenvalue weighted by Gasteiger charge is -2.43. The Balaban J connectivity index is 2.60. The van der Waals surface area contributed by atoms with Crippen LogP contribution >= 0.6 is 70.2 Å². The van der Waals surface area contributed by atoms with Gasteiger partial charge in [0.05, 0.1) is 0 Å². The zero-order valence-electron chi connectivity index (χ0n) is 17.6. The minimum atomic E-state index is -1.55. The van der Waals surface area contributed by atoms with Gasteiger partial charge in [0, 0.05) is 21.2 Å². The van der Waals surface area contributed by atoms with Crippen molar-refractivity contribution in [3.05, 3.63) is 69.7 Å². The van der Waals surface area contributed by atoms with E-state index in [2.05, 4.69) is 0 Å². The van der Waals surface area contributed by atoms with Crippen molar-refractivity contribution in [1.29, 1.82) is 0 Å². The van der Waals surface area contributed by atoms with Crippen LogP contribution in [0.2, 0.25) is 10.0 Å². The molecule has 0 radical (unpaired) electrons. The normalized spacial score (nSPS) is 11.8. The number of benzene rings is 2. The fourth-order valence-corrected chi connectivity index (χ4v) is 9.28. The predicted molar refractivity (Wildman–Crippen MR) is 141 cm³/mol. The van der Waals surface area contributed by atoms with E-state index >= 15 is 0 Å². The summed E-state index contributed by atoms with van der Waals surface area (Å²) in [4.78, 5) is 53.6. The Hall–Kier alpha value is -0.900. The van der Waals surface area contributed by atoms with Gasteiger partial charge in [-0.2, -0.15) is 0 Å². The van der Waals surface area contributed by atoms with Gasteiger partial charge in [0.15, 0.2) is 8.16 Å². The van der Waals surface area contributed by atoms with E-state index in [1.165, 1.54) is 48.5 Å². The molecule has 170 valence electrons. The Morgan fingerprint density at radius 2 is 0.812 bits per heavy atom. The number of ketones is 4. The molecule has 0 N–H and O–H groups in total. The van der Waals surface area contributed by atoms with Gasteiger partial charge >= 0.3 is 0 Å². The van der Waals surface area contributed by atoms with Crippen molar-refractivity contribution in [2.75, 3.05) is 25.0 Å². The van der Waals surface area contributed by atoms with E-state index in [9.17, 15) is 19.2 Å². The van der Waals surface area contributed by atoms with E-state index in [1.54, 1.807) is 25.0 Å². The summed E-state index contributed by atoms with van der Waals surface area (Å²) in [5.74, 6) is -3.02. The van der Waals surface area contributed by atoms with Gasteiger partial charge in [-0.25, -0.2) is 0 Å². The molecule has 0 amide bonds. The second-order valence-corrected chi connectivity index (χ2v) is 11.9. The van der Waals surface area contributed by atoms with Crippen molar-refractivity contribution in [2.45, 2.75) is 8.16 Å². The number of thioether (sulfide) groups is 4. The van der Waals surface area contributed by atoms with Gasteiger partial charge in [-0.15, -0.1) is 47.0 Å². The number of Topliss-reactive ketones (excluding diaryl/α,β-unsaturated/α-hetero) is 4.